The van der Waals surface area contributed by atoms with Crippen molar-refractivity contribution in [1.82, 2.24) is 0 Å². The van der Waals surface area contributed by atoms with E-state index in [0.29, 0.717) is 33.7 Å². The number of para-hydroxylation sites is 1. The fourth-order valence-electron chi connectivity index (χ4n) is 3.25. The van der Waals surface area contributed by atoms with Crippen molar-refractivity contribution in [3.8, 4) is 17.2 Å². The van der Waals surface area contributed by atoms with E-state index in [4.69, 9.17) is 25.8 Å². The summed E-state index contributed by atoms with van der Waals surface area (Å²) in [4.78, 5) is 12.9. The van der Waals surface area contributed by atoms with E-state index in [-0.39, 0.29) is 12.5 Å². The van der Waals surface area contributed by atoms with Crippen molar-refractivity contribution in [2.75, 3.05) is 19.5 Å². The summed E-state index contributed by atoms with van der Waals surface area (Å²) in [6, 6.07) is 18.2. The lowest BCUT2D eigenvalue weighted by molar-refractivity contribution is 0.102. The second-order valence-electron chi connectivity index (χ2n) is 7.31. The van der Waals surface area contributed by atoms with Crippen LogP contribution in [-0.2, 0) is 6.61 Å². The summed E-state index contributed by atoms with van der Waals surface area (Å²) in [6.45, 7) is 4.52. The topological polar surface area (TPSA) is 56.8 Å². The summed E-state index contributed by atoms with van der Waals surface area (Å²) in [6.07, 6.45) is 0. The summed E-state index contributed by atoms with van der Waals surface area (Å²) in [7, 11) is 3.13. The lowest BCUT2D eigenvalue weighted by atomic mass is 10.0. The fraction of sp³-hybridized carbons (Fsp3) is 0.240. The third-order valence-corrected chi connectivity index (χ3v) is 5.11. The molecule has 0 fully saturated rings. The first-order chi connectivity index (χ1) is 14.9. The number of methoxy groups -OCH3 is 2. The van der Waals surface area contributed by atoms with E-state index in [1.807, 2.05) is 18.2 Å². The molecule has 0 saturated heterocycles. The van der Waals surface area contributed by atoms with Gasteiger partial charge in [0.1, 0.15) is 23.9 Å². The molecule has 0 atom stereocenters. The molecule has 1 N–H and O–H groups in total. The fourth-order valence-corrected chi connectivity index (χ4v) is 3.42. The van der Waals surface area contributed by atoms with Gasteiger partial charge in [0.05, 0.1) is 19.9 Å². The standard InChI is InChI=1S/C25H26ClNO4/c1-16(2)20-7-5-6-8-23(20)31-15-18-13-17(9-11-22(18)29-3)25(28)27-21-14-19(26)10-12-24(21)30-4/h5-14,16H,15H2,1-4H3,(H,27,28). The number of benzene rings is 3. The summed E-state index contributed by atoms with van der Waals surface area (Å²) in [5, 5.41) is 3.35. The van der Waals surface area contributed by atoms with Gasteiger partial charge in [-0.3, -0.25) is 4.79 Å². The Morgan fingerprint density at radius 1 is 0.935 bits per heavy atom. The molecule has 0 unspecified atom stereocenters. The number of carbonyl (C=O) groups is 1. The average Bonchev–Trinajstić information content (AvgIpc) is 2.77. The molecule has 0 radical (unpaired) electrons. The molecule has 0 aromatic heterocycles. The number of amides is 1. The van der Waals surface area contributed by atoms with E-state index >= 15 is 0 Å². The number of ether oxygens (including phenoxy) is 3. The van der Waals surface area contributed by atoms with Gasteiger partial charge in [0.15, 0.2) is 0 Å². The van der Waals surface area contributed by atoms with Gasteiger partial charge in [-0.2, -0.15) is 0 Å². The van der Waals surface area contributed by atoms with Crippen LogP contribution in [0.2, 0.25) is 5.02 Å². The van der Waals surface area contributed by atoms with Crippen LogP contribution in [0.1, 0.15) is 41.3 Å². The molecule has 0 aliphatic carbocycles. The minimum absolute atomic E-state index is 0.272. The molecule has 31 heavy (non-hydrogen) atoms. The van der Waals surface area contributed by atoms with Crippen LogP contribution in [0.3, 0.4) is 0 Å². The largest absolute Gasteiger partial charge is 0.496 e. The number of halogens is 1. The molecular formula is C25H26ClNO4. The second kappa shape index (κ2) is 10.2. The summed E-state index contributed by atoms with van der Waals surface area (Å²) >= 11 is 6.06. The Labute approximate surface area is 187 Å². The highest BCUT2D eigenvalue weighted by molar-refractivity contribution is 6.31. The lowest BCUT2D eigenvalue weighted by Crippen LogP contribution is -2.13. The maximum Gasteiger partial charge on any atom is 0.255 e. The van der Waals surface area contributed by atoms with E-state index in [0.717, 1.165) is 16.9 Å². The Morgan fingerprint density at radius 3 is 2.35 bits per heavy atom. The zero-order valence-corrected chi connectivity index (χ0v) is 18.8. The van der Waals surface area contributed by atoms with Gasteiger partial charge in [0, 0.05) is 16.1 Å². The van der Waals surface area contributed by atoms with Crippen molar-refractivity contribution < 1.29 is 19.0 Å². The predicted octanol–water partition coefficient (Wildman–Crippen LogP) is 6.31. The van der Waals surface area contributed by atoms with Crippen molar-refractivity contribution in [3.63, 3.8) is 0 Å². The predicted molar refractivity (Wildman–Crippen MR) is 124 cm³/mol. The van der Waals surface area contributed by atoms with Crippen LogP contribution in [0.4, 0.5) is 5.69 Å². The number of nitrogens with one attached hydrogen (secondary N) is 1. The summed E-state index contributed by atoms with van der Waals surface area (Å²) in [5.41, 5.74) is 2.87. The SMILES string of the molecule is COc1ccc(C(=O)Nc2cc(Cl)ccc2OC)cc1COc1ccccc1C(C)C. The monoisotopic (exact) mass is 439 g/mol. The van der Waals surface area contributed by atoms with Crippen LogP contribution < -0.4 is 19.5 Å². The van der Waals surface area contributed by atoms with Crippen LogP contribution >= 0.6 is 11.6 Å². The highest BCUT2D eigenvalue weighted by Crippen LogP contribution is 2.30. The van der Waals surface area contributed by atoms with Crippen LogP contribution in [0, 0.1) is 0 Å². The molecule has 162 valence electrons. The van der Waals surface area contributed by atoms with Crippen LogP contribution in [0.5, 0.6) is 17.2 Å². The van der Waals surface area contributed by atoms with E-state index in [1.165, 1.54) is 7.11 Å². The number of hydrogen-bond acceptors (Lipinski definition) is 4. The van der Waals surface area contributed by atoms with Crippen molar-refractivity contribution in [1.29, 1.82) is 0 Å². The highest BCUT2D eigenvalue weighted by Gasteiger charge is 2.15. The van der Waals surface area contributed by atoms with Crippen molar-refractivity contribution in [2.45, 2.75) is 26.4 Å². The van der Waals surface area contributed by atoms with Gasteiger partial charge in [0.2, 0.25) is 0 Å². The summed E-state index contributed by atoms with van der Waals surface area (Å²) < 4.78 is 16.9. The molecule has 0 bridgehead atoms. The first kappa shape index (κ1) is 22.5. The average molecular weight is 440 g/mol. The van der Waals surface area contributed by atoms with Crippen molar-refractivity contribution >= 4 is 23.2 Å². The highest BCUT2D eigenvalue weighted by atomic mass is 35.5. The third kappa shape index (κ3) is 5.50. The molecule has 0 spiro atoms. The molecule has 0 heterocycles. The molecule has 3 aromatic rings. The van der Waals surface area contributed by atoms with E-state index in [2.05, 4.69) is 25.2 Å². The number of hydrogen-bond donors (Lipinski definition) is 1. The van der Waals surface area contributed by atoms with Crippen molar-refractivity contribution in [3.05, 3.63) is 82.4 Å². The molecule has 0 saturated carbocycles. The molecule has 6 heteroatoms. The molecular weight excluding hydrogens is 414 g/mol. The van der Waals surface area contributed by atoms with Gasteiger partial charge < -0.3 is 19.5 Å². The Balaban J connectivity index is 1.82. The summed E-state index contributed by atoms with van der Waals surface area (Å²) in [5.74, 6) is 2.05. The van der Waals surface area contributed by atoms with Crippen LogP contribution in [0.15, 0.2) is 60.7 Å². The molecule has 5 nitrogen and oxygen atoms in total. The maximum atomic E-state index is 12.9. The first-order valence-electron chi connectivity index (χ1n) is 9.96. The van der Waals surface area contributed by atoms with Gasteiger partial charge >= 0.3 is 0 Å². The van der Waals surface area contributed by atoms with Crippen LogP contribution in [0.25, 0.3) is 0 Å². The van der Waals surface area contributed by atoms with E-state index < -0.39 is 0 Å². The smallest absolute Gasteiger partial charge is 0.255 e. The van der Waals surface area contributed by atoms with E-state index in [1.54, 1.807) is 43.5 Å². The quantitative estimate of drug-likeness (QED) is 0.446. The normalized spacial score (nSPS) is 10.6. The second-order valence-corrected chi connectivity index (χ2v) is 7.74. The van der Waals surface area contributed by atoms with Crippen molar-refractivity contribution in [2.24, 2.45) is 0 Å². The molecule has 1 amide bonds. The Hall–Kier alpha value is -3.18. The zero-order valence-electron chi connectivity index (χ0n) is 18.1. The zero-order chi connectivity index (χ0) is 22.4. The Kier molecular flexibility index (Phi) is 7.42. The Morgan fingerprint density at radius 2 is 1.65 bits per heavy atom. The minimum atomic E-state index is -0.285. The third-order valence-electron chi connectivity index (χ3n) is 4.88. The number of anilines is 1. The van der Waals surface area contributed by atoms with Gasteiger partial charge in [-0.05, 0) is 53.9 Å². The maximum absolute atomic E-state index is 12.9. The lowest BCUT2D eigenvalue weighted by Gasteiger charge is -2.16. The van der Waals surface area contributed by atoms with Gasteiger partial charge in [-0.1, -0.05) is 43.6 Å². The molecule has 3 rings (SSSR count). The minimum Gasteiger partial charge on any atom is -0.496 e. The van der Waals surface area contributed by atoms with Gasteiger partial charge in [0.25, 0.3) is 5.91 Å². The molecule has 0 aliphatic heterocycles. The first-order valence-corrected chi connectivity index (χ1v) is 10.3. The molecule has 0 aliphatic rings. The number of rotatable bonds is 8. The van der Waals surface area contributed by atoms with Gasteiger partial charge in [-0.15, -0.1) is 0 Å². The molecule has 3 aromatic carbocycles. The van der Waals surface area contributed by atoms with Gasteiger partial charge in [-0.25, -0.2) is 0 Å². The van der Waals surface area contributed by atoms with Crippen LogP contribution in [-0.4, -0.2) is 20.1 Å². The Bertz CT molecular complexity index is 1070. The number of carbonyl (C=O) groups excluding carboxylic acids is 1. The van der Waals surface area contributed by atoms with E-state index in [9.17, 15) is 4.79 Å².